The van der Waals surface area contributed by atoms with E-state index in [1.165, 1.54) is 25.3 Å². The van der Waals surface area contributed by atoms with Gasteiger partial charge in [0.2, 0.25) is 0 Å². The minimum Gasteiger partial charge on any atom is -0.464 e. The first kappa shape index (κ1) is 24.9. The van der Waals surface area contributed by atoms with Gasteiger partial charge in [-0.15, -0.1) is 0 Å². The molecule has 1 aliphatic rings. The van der Waals surface area contributed by atoms with Gasteiger partial charge in [-0.3, -0.25) is 0 Å². The fourth-order valence-electron chi connectivity index (χ4n) is 4.10. The van der Waals surface area contributed by atoms with E-state index in [0.717, 1.165) is 11.8 Å². The molecular weight excluding hydrogens is 518 g/mol. The van der Waals surface area contributed by atoms with Gasteiger partial charge in [0.25, 0.3) is 20.9 Å². The van der Waals surface area contributed by atoms with Crippen molar-refractivity contribution < 1.29 is 27.9 Å². The van der Waals surface area contributed by atoms with Gasteiger partial charge in [-0.05, 0) is 52.0 Å². The zero-order valence-corrected chi connectivity index (χ0v) is 21.5. The lowest BCUT2D eigenvalue weighted by Crippen LogP contribution is -2.56. The van der Waals surface area contributed by atoms with Crippen molar-refractivity contribution in [2.45, 2.75) is 44.2 Å². The molecular formula is C21H21ClN5O6S2+. The van der Waals surface area contributed by atoms with Crippen molar-refractivity contribution in [2.75, 3.05) is 6.61 Å². The SMILES string of the molecule is CCOC(=O)C1N(S(=O)(=O)c2ccc(Cl)c([NH+]=O)c2)C(=S)OC1(C)c1cnc2cc(C)nn2c1C. The number of aromatic nitrogens is 3. The zero-order valence-electron chi connectivity index (χ0n) is 19.1. The number of fused-ring (bicyclic) bond motifs is 1. The number of carbonyl (C=O) groups is 1. The lowest BCUT2D eigenvalue weighted by molar-refractivity contribution is -0.379. The first-order valence-electron chi connectivity index (χ1n) is 10.4. The number of hydrogen-bond acceptors (Lipinski definition) is 9. The van der Waals surface area contributed by atoms with Gasteiger partial charge >= 0.3 is 5.97 Å². The molecule has 4 rings (SSSR count). The highest BCUT2D eigenvalue weighted by atomic mass is 35.5. The summed E-state index contributed by atoms with van der Waals surface area (Å²) in [6, 6.07) is 3.74. The van der Waals surface area contributed by atoms with Crippen LogP contribution in [-0.4, -0.2) is 51.1 Å². The number of thiocarbonyl (C=S) groups is 1. The minimum absolute atomic E-state index is 0.00806. The number of esters is 1. The summed E-state index contributed by atoms with van der Waals surface area (Å²) >= 11 is 11.3. The van der Waals surface area contributed by atoms with E-state index in [2.05, 4.69) is 10.1 Å². The van der Waals surface area contributed by atoms with E-state index in [0.29, 0.717) is 21.2 Å². The fraction of sp³-hybridized carbons (Fsp3) is 0.333. The summed E-state index contributed by atoms with van der Waals surface area (Å²) in [7, 11) is -4.49. The highest BCUT2D eigenvalue weighted by molar-refractivity contribution is 7.91. The number of nitroso groups, excluding NO2 is 1. The molecule has 35 heavy (non-hydrogen) atoms. The minimum atomic E-state index is -4.49. The average Bonchev–Trinajstić information content (AvgIpc) is 3.31. The summed E-state index contributed by atoms with van der Waals surface area (Å²) < 4.78 is 40.9. The summed E-state index contributed by atoms with van der Waals surface area (Å²) in [6.45, 7) is 6.68. The quantitative estimate of drug-likeness (QED) is 0.367. The van der Waals surface area contributed by atoms with Crippen molar-refractivity contribution in [3.05, 3.63) is 57.3 Å². The van der Waals surface area contributed by atoms with Crippen LogP contribution in [-0.2, 0) is 29.9 Å². The van der Waals surface area contributed by atoms with Gasteiger partial charge < -0.3 is 9.47 Å². The van der Waals surface area contributed by atoms with E-state index in [9.17, 15) is 18.1 Å². The predicted octanol–water partition coefficient (Wildman–Crippen LogP) is 1.63. The Bertz CT molecular complexity index is 1490. The lowest BCUT2D eigenvalue weighted by atomic mass is 9.88. The number of aryl methyl sites for hydroxylation is 2. The molecule has 3 heterocycles. The topological polar surface area (TPSA) is 134 Å². The molecule has 14 heteroatoms. The monoisotopic (exact) mass is 538 g/mol. The van der Waals surface area contributed by atoms with Crippen LogP contribution < -0.4 is 5.18 Å². The zero-order chi connectivity index (χ0) is 25.7. The molecule has 3 aromatic rings. The van der Waals surface area contributed by atoms with E-state index in [4.69, 9.17) is 33.3 Å². The molecule has 2 atom stereocenters. The normalized spacial score (nSPS) is 20.2. The third kappa shape index (κ3) is 3.93. The van der Waals surface area contributed by atoms with Crippen LogP contribution in [0.5, 0.6) is 0 Å². The number of benzene rings is 1. The molecule has 1 N–H and O–H groups in total. The first-order valence-corrected chi connectivity index (χ1v) is 12.6. The maximum Gasteiger partial charge on any atom is 0.334 e. The Morgan fingerprint density at radius 3 is 2.71 bits per heavy atom. The molecule has 11 nitrogen and oxygen atoms in total. The number of nitrogens with zero attached hydrogens (tertiary/aromatic N) is 4. The van der Waals surface area contributed by atoms with Crippen LogP contribution in [0.2, 0.25) is 5.02 Å². The molecule has 0 bridgehead atoms. The summed E-state index contributed by atoms with van der Waals surface area (Å²) in [5.41, 5.74) is 0.503. The molecule has 2 aromatic heterocycles. The molecule has 1 saturated heterocycles. The molecule has 184 valence electrons. The summed E-state index contributed by atoms with van der Waals surface area (Å²) in [4.78, 5) is 28.5. The average molecular weight is 539 g/mol. The van der Waals surface area contributed by atoms with E-state index < -0.39 is 32.8 Å². The first-order chi connectivity index (χ1) is 16.4. The Labute approximate surface area is 211 Å². The second-order valence-corrected chi connectivity index (χ2v) is 10.6. The molecule has 1 aliphatic heterocycles. The van der Waals surface area contributed by atoms with Crippen LogP contribution in [0, 0.1) is 18.8 Å². The molecule has 0 saturated carbocycles. The van der Waals surface area contributed by atoms with Gasteiger partial charge in [-0.2, -0.15) is 5.10 Å². The second-order valence-electron chi connectivity index (χ2n) is 7.99. The molecule has 0 spiro atoms. The molecule has 0 amide bonds. The van der Waals surface area contributed by atoms with Crippen LogP contribution in [0.1, 0.15) is 30.8 Å². The van der Waals surface area contributed by atoms with Gasteiger partial charge in [0.15, 0.2) is 17.3 Å². The highest BCUT2D eigenvalue weighted by Crippen LogP contribution is 2.43. The summed E-state index contributed by atoms with van der Waals surface area (Å²) in [5, 5.41) is 5.57. The van der Waals surface area contributed by atoms with E-state index in [1.807, 2.05) is 6.92 Å². The summed E-state index contributed by atoms with van der Waals surface area (Å²) in [5.74, 6) is -0.870. The van der Waals surface area contributed by atoms with Gasteiger partial charge in [0.1, 0.15) is 5.02 Å². The van der Waals surface area contributed by atoms with Gasteiger partial charge in [0.05, 0.1) is 22.9 Å². The molecule has 0 radical (unpaired) electrons. The number of hydrogen-bond donors (Lipinski definition) is 1. The van der Waals surface area contributed by atoms with Crippen LogP contribution in [0.25, 0.3) is 5.65 Å². The Balaban J connectivity index is 1.92. The molecule has 2 unspecified atom stereocenters. The Morgan fingerprint density at radius 1 is 1.34 bits per heavy atom. The van der Waals surface area contributed by atoms with Gasteiger partial charge in [-0.25, -0.2) is 27.0 Å². The maximum atomic E-state index is 13.7. The van der Waals surface area contributed by atoms with Crippen molar-refractivity contribution in [3.8, 4) is 0 Å². The number of halogens is 1. The van der Waals surface area contributed by atoms with Crippen LogP contribution in [0.3, 0.4) is 0 Å². The van der Waals surface area contributed by atoms with Crippen LogP contribution in [0.15, 0.2) is 35.4 Å². The van der Waals surface area contributed by atoms with E-state index in [1.54, 1.807) is 29.6 Å². The summed E-state index contributed by atoms with van der Waals surface area (Å²) in [6.07, 6.45) is 1.50. The Kier molecular flexibility index (Phi) is 6.28. The fourth-order valence-corrected chi connectivity index (χ4v) is 6.36. The van der Waals surface area contributed by atoms with Crippen LogP contribution in [0.4, 0.5) is 5.69 Å². The van der Waals surface area contributed by atoms with Crippen molar-refractivity contribution in [1.82, 2.24) is 18.9 Å². The third-order valence-electron chi connectivity index (χ3n) is 5.73. The van der Waals surface area contributed by atoms with Crippen molar-refractivity contribution in [3.63, 3.8) is 0 Å². The molecule has 0 aliphatic carbocycles. The third-order valence-corrected chi connectivity index (χ3v) is 8.20. The van der Waals surface area contributed by atoms with Crippen molar-refractivity contribution in [2.24, 2.45) is 0 Å². The van der Waals surface area contributed by atoms with E-state index in [-0.39, 0.29) is 22.2 Å². The van der Waals surface area contributed by atoms with Gasteiger partial charge in [-0.1, -0.05) is 11.6 Å². The number of nitrogens with one attached hydrogen (secondary N) is 1. The smallest absolute Gasteiger partial charge is 0.334 e. The number of rotatable bonds is 6. The van der Waals surface area contributed by atoms with Crippen LogP contribution >= 0.6 is 23.8 Å². The number of carbonyl (C=O) groups excluding carboxylic acids is 1. The van der Waals surface area contributed by atoms with Gasteiger partial charge in [0, 0.05) is 34.0 Å². The van der Waals surface area contributed by atoms with Crippen molar-refractivity contribution >= 4 is 56.3 Å². The number of ether oxygens (including phenoxy) is 2. The lowest BCUT2D eigenvalue weighted by Gasteiger charge is -2.31. The molecule has 1 aromatic carbocycles. The standard InChI is InChI=1S/C21H20ClN5O6S2/c1-5-32-19(28)18-21(4,14-10-23-17-8-11(2)24-26(17)12(14)3)33-20(34)27(18)35(30,31)13-6-7-15(22)16(9-13)25-29/h6-10,18H,5H2,1-4H3/p+1. The van der Waals surface area contributed by atoms with Crippen molar-refractivity contribution in [1.29, 1.82) is 0 Å². The largest absolute Gasteiger partial charge is 0.464 e. The number of sulfonamides is 1. The van der Waals surface area contributed by atoms with E-state index >= 15 is 0 Å². The Morgan fingerprint density at radius 2 is 2.06 bits per heavy atom. The highest BCUT2D eigenvalue weighted by Gasteiger charge is 2.60. The molecule has 1 fully saturated rings. The second kappa shape index (κ2) is 8.81. The maximum absolute atomic E-state index is 13.7. The predicted molar refractivity (Wildman–Crippen MR) is 128 cm³/mol. The Hall–Kier alpha value is -3.16.